The molecular formula is C16H16IN3O5S. The molecule has 2 rings (SSSR count). The summed E-state index contributed by atoms with van der Waals surface area (Å²) in [4.78, 5) is 23.0. The molecule has 1 N–H and O–H groups in total. The van der Waals surface area contributed by atoms with Gasteiger partial charge in [0.05, 0.1) is 21.1 Å². The lowest BCUT2D eigenvalue weighted by molar-refractivity contribution is -0.384. The van der Waals surface area contributed by atoms with Gasteiger partial charge in [-0.05, 0) is 53.3 Å². The van der Waals surface area contributed by atoms with E-state index in [4.69, 9.17) is 0 Å². The third kappa shape index (κ3) is 4.19. The number of anilines is 1. The van der Waals surface area contributed by atoms with Crippen LogP contribution in [0, 0.1) is 20.6 Å². The summed E-state index contributed by atoms with van der Waals surface area (Å²) in [7, 11) is -0.883. The normalized spacial score (nSPS) is 11.4. The highest BCUT2D eigenvalue weighted by molar-refractivity contribution is 14.1. The van der Waals surface area contributed by atoms with Crippen LogP contribution in [0.3, 0.4) is 0 Å². The molecule has 0 heterocycles. The minimum atomic E-state index is -3.69. The number of benzene rings is 2. The van der Waals surface area contributed by atoms with Crippen molar-refractivity contribution in [2.45, 2.75) is 11.8 Å². The molecule has 0 spiro atoms. The molecule has 0 saturated heterocycles. The molecule has 26 heavy (non-hydrogen) atoms. The van der Waals surface area contributed by atoms with Gasteiger partial charge in [-0.2, -0.15) is 0 Å². The Kier molecular flexibility index (Phi) is 5.98. The van der Waals surface area contributed by atoms with Crippen molar-refractivity contribution in [2.24, 2.45) is 0 Å². The Bertz CT molecular complexity index is 989. The smallest absolute Gasteiger partial charge is 0.271 e. The third-order valence-corrected chi connectivity index (χ3v) is 6.39. The van der Waals surface area contributed by atoms with Crippen LogP contribution in [0.4, 0.5) is 11.4 Å². The van der Waals surface area contributed by atoms with Gasteiger partial charge in [-0.25, -0.2) is 12.7 Å². The van der Waals surface area contributed by atoms with Gasteiger partial charge in [0.1, 0.15) is 0 Å². The first-order valence-corrected chi connectivity index (χ1v) is 9.84. The fourth-order valence-corrected chi connectivity index (χ4v) is 3.61. The van der Waals surface area contributed by atoms with Gasteiger partial charge in [0, 0.05) is 29.8 Å². The Hall–Kier alpha value is -2.05. The summed E-state index contributed by atoms with van der Waals surface area (Å²) in [6.07, 6.45) is 0. The average molecular weight is 489 g/mol. The summed E-state index contributed by atoms with van der Waals surface area (Å²) in [6, 6.07) is 8.39. The number of aryl methyl sites for hydroxylation is 1. The number of hydrogen-bond acceptors (Lipinski definition) is 5. The molecule has 2 aromatic carbocycles. The van der Waals surface area contributed by atoms with Crippen LogP contribution in [0.2, 0.25) is 0 Å². The molecule has 0 aliphatic heterocycles. The first-order valence-electron chi connectivity index (χ1n) is 7.32. The second-order valence-corrected chi connectivity index (χ2v) is 8.95. The number of amides is 1. The third-order valence-electron chi connectivity index (χ3n) is 3.64. The highest BCUT2D eigenvalue weighted by atomic mass is 127. The van der Waals surface area contributed by atoms with Crippen LogP contribution in [-0.2, 0) is 10.0 Å². The van der Waals surface area contributed by atoms with Gasteiger partial charge in [-0.15, -0.1) is 0 Å². The summed E-state index contributed by atoms with van der Waals surface area (Å²) < 4.78 is 26.1. The fraction of sp³-hybridized carbons (Fsp3) is 0.188. The second-order valence-electron chi connectivity index (χ2n) is 5.64. The Labute approximate surface area is 164 Å². The number of carbonyl (C=O) groups is 1. The number of carbonyl (C=O) groups excluding carboxylic acids is 1. The van der Waals surface area contributed by atoms with Crippen LogP contribution in [0.15, 0.2) is 41.3 Å². The van der Waals surface area contributed by atoms with Gasteiger partial charge < -0.3 is 5.32 Å². The largest absolute Gasteiger partial charge is 0.321 e. The Morgan fingerprint density at radius 3 is 2.42 bits per heavy atom. The maximum Gasteiger partial charge on any atom is 0.271 e. The monoisotopic (exact) mass is 489 g/mol. The highest BCUT2D eigenvalue weighted by Gasteiger charge is 2.21. The average Bonchev–Trinajstić information content (AvgIpc) is 2.56. The number of nitro groups is 1. The fourth-order valence-electron chi connectivity index (χ4n) is 2.10. The van der Waals surface area contributed by atoms with Crippen molar-refractivity contribution in [3.63, 3.8) is 0 Å². The van der Waals surface area contributed by atoms with E-state index in [1.54, 1.807) is 6.92 Å². The number of sulfonamides is 1. The van der Waals surface area contributed by atoms with E-state index in [2.05, 4.69) is 5.32 Å². The van der Waals surface area contributed by atoms with E-state index >= 15 is 0 Å². The van der Waals surface area contributed by atoms with Crippen molar-refractivity contribution in [1.29, 1.82) is 0 Å². The zero-order valence-corrected chi connectivity index (χ0v) is 17.2. The molecule has 10 heteroatoms. The molecule has 0 fully saturated rings. The van der Waals surface area contributed by atoms with Crippen molar-refractivity contribution >= 4 is 49.9 Å². The molecule has 0 radical (unpaired) electrons. The summed E-state index contributed by atoms with van der Waals surface area (Å²) in [5, 5.41) is 13.5. The quantitative estimate of drug-likeness (QED) is 0.395. The summed E-state index contributed by atoms with van der Waals surface area (Å²) in [6.45, 7) is 1.71. The molecule has 0 aliphatic carbocycles. The standard InChI is InChI=1S/C16H16IN3O5S/c1-10-4-5-11(20(22)23)8-15(10)18-16(21)13-9-12(6-7-14(13)17)26(24,25)19(2)3/h4-9H,1-3H3,(H,18,21). The molecule has 0 aromatic heterocycles. The maximum atomic E-state index is 12.6. The molecule has 2 aromatic rings. The molecule has 0 aliphatic rings. The lowest BCUT2D eigenvalue weighted by Crippen LogP contribution is -2.23. The van der Waals surface area contributed by atoms with Gasteiger partial charge in [-0.3, -0.25) is 14.9 Å². The van der Waals surface area contributed by atoms with Crippen molar-refractivity contribution in [1.82, 2.24) is 4.31 Å². The van der Waals surface area contributed by atoms with E-state index in [0.717, 1.165) is 4.31 Å². The maximum absolute atomic E-state index is 12.6. The van der Waals surface area contributed by atoms with Crippen LogP contribution in [0.1, 0.15) is 15.9 Å². The second kappa shape index (κ2) is 7.68. The lowest BCUT2D eigenvalue weighted by Gasteiger charge is -2.14. The van der Waals surface area contributed by atoms with Crippen LogP contribution < -0.4 is 5.32 Å². The number of rotatable bonds is 5. The number of non-ortho nitro benzene ring substituents is 1. The van der Waals surface area contributed by atoms with Gasteiger partial charge in [0.25, 0.3) is 11.6 Å². The van der Waals surface area contributed by atoms with E-state index < -0.39 is 20.9 Å². The van der Waals surface area contributed by atoms with Gasteiger partial charge in [0.2, 0.25) is 10.0 Å². The minimum absolute atomic E-state index is 0.0103. The van der Waals surface area contributed by atoms with Crippen LogP contribution >= 0.6 is 22.6 Å². The van der Waals surface area contributed by atoms with Crippen molar-refractivity contribution in [2.75, 3.05) is 19.4 Å². The van der Waals surface area contributed by atoms with Crippen LogP contribution in [-0.4, -0.2) is 37.6 Å². The SMILES string of the molecule is Cc1ccc([N+](=O)[O-])cc1NC(=O)c1cc(S(=O)(=O)N(C)C)ccc1I. The minimum Gasteiger partial charge on any atom is -0.321 e. The Balaban J connectivity index is 2.42. The first-order chi connectivity index (χ1) is 12.0. The summed E-state index contributed by atoms with van der Waals surface area (Å²) in [5.41, 5.74) is 0.959. The van der Waals surface area contributed by atoms with Crippen molar-refractivity contribution in [3.8, 4) is 0 Å². The Morgan fingerprint density at radius 1 is 1.19 bits per heavy atom. The molecule has 8 nitrogen and oxygen atoms in total. The van der Waals surface area contributed by atoms with E-state index in [-0.39, 0.29) is 16.1 Å². The van der Waals surface area contributed by atoms with E-state index in [0.29, 0.717) is 14.8 Å². The van der Waals surface area contributed by atoms with E-state index in [9.17, 15) is 23.3 Å². The van der Waals surface area contributed by atoms with Gasteiger partial charge in [0.15, 0.2) is 0 Å². The highest BCUT2D eigenvalue weighted by Crippen LogP contribution is 2.25. The molecule has 1 amide bonds. The molecule has 0 unspecified atom stereocenters. The van der Waals surface area contributed by atoms with E-state index in [1.807, 2.05) is 22.6 Å². The topological polar surface area (TPSA) is 110 Å². The number of halogens is 1. The molecule has 138 valence electrons. The number of nitrogens with one attached hydrogen (secondary N) is 1. The number of hydrogen-bond donors (Lipinski definition) is 1. The van der Waals surface area contributed by atoms with Crippen LogP contribution in [0.5, 0.6) is 0 Å². The predicted octanol–water partition coefficient (Wildman–Crippen LogP) is 3.01. The first kappa shape index (κ1) is 20.3. The van der Waals surface area contributed by atoms with Crippen molar-refractivity contribution < 1.29 is 18.1 Å². The number of nitrogens with zero attached hydrogens (tertiary/aromatic N) is 2. The molecule has 0 saturated carbocycles. The van der Waals surface area contributed by atoms with Gasteiger partial charge >= 0.3 is 0 Å². The Morgan fingerprint density at radius 2 is 1.85 bits per heavy atom. The summed E-state index contributed by atoms with van der Waals surface area (Å²) >= 11 is 1.93. The zero-order chi connectivity index (χ0) is 19.6. The predicted molar refractivity (Wildman–Crippen MR) is 106 cm³/mol. The van der Waals surface area contributed by atoms with Crippen LogP contribution in [0.25, 0.3) is 0 Å². The molecular weight excluding hydrogens is 473 g/mol. The molecule has 0 bridgehead atoms. The summed E-state index contributed by atoms with van der Waals surface area (Å²) in [5.74, 6) is -0.547. The van der Waals surface area contributed by atoms with Gasteiger partial charge in [-0.1, -0.05) is 6.07 Å². The number of nitro benzene ring substituents is 1. The van der Waals surface area contributed by atoms with E-state index in [1.165, 1.54) is 50.5 Å². The van der Waals surface area contributed by atoms with Crippen molar-refractivity contribution in [3.05, 3.63) is 61.2 Å². The zero-order valence-electron chi connectivity index (χ0n) is 14.2. The lowest BCUT2D eigenvalue weighted by atomic mass is 10.1. The molecule has 0 atom stereocenters.